The van der Waals surface area contributed by atoms with Crippen LogP contribution in [0.15, 0.2) is 29.1 Å². The third-order valence-corrected chi connectivity index (χ3v) is 3.28. The van der Waals surface area contributed by atoms with Crippen molar-refractivity contribution in [1.82, 2.24) is 15.3 Å². The summed E-state index contributed by atoms with van der Waals surface area (Å²) in [6.07, 6.45) is 0.646. The largest absolute Gasteiger partial charge is 0.311 e. The topological polar surface area (TPSA) is 101 Å². The molecule has 0 bridgehead atoms. The molecule has 1 aliphatic heterocycles. The lowest BCUT2D eigenvalue weighted by Gasteiger charge is -2.15. The van der Waals surface area contributed by atoms with Crippen molar-refractivity contribution in [3.05, 3.63) is 56.0 Å². The fourth-order valence-corrected chi connectivity index (χ4v) is 2.27. The average Bonchev–Trinajstić information content (AvgIpc) is 2.47. The van der Waals surface area contributed by atoms with E-state index in [0.29, 0.717) is 35.6 Å². The summed E-state index contributed by atoms with van der Waals surface area (Å²) in [5, 5.41) is 13.9. The van der Waals surface area contributed by atoms with Crippen molar-refractivity contribution >= 4 is 5.69 Å². The number of nitrogens with zero attached hydrogens (tertiary/aromatic N) is 2. The number of H-pyrrole nitrogens is 1. The predicted octanol–water partition coefficient (Wildman–Crippen LogP) is 0.991. The molecule has 102 valence electrons. The van der Waals surface area contributed by atoms with Crippen molar-refractivity contribution in [3.8, 4) is 11.4 Å². The molecule has 0 spiro atoms. The Hall–Kier alpha value is -2.54. The van der Waals surface area contributed by atoms with E-state index in [1.807, 2.05) is 0 Å². The van der Waals surface area contributed by atoms with Crippen LogP contribution in [0.4, 0.5) is 5.69 Å². The Balaban J connectivity index is 2.11. The van der Waals surface area contributed by atoms with Crippen LogP contribution in [0.25, 0.3) is 11.4 Å². The van der Waals surface area contributed by atoms with Crippen molar-refractivity contribution in [3.63, 3.8) is 0 Å². The van der Waals surface area contributed by atoms with Gasteiger partial charge in [0.05, 0.1) is 10.6 Å². The number of aromatic amines is 1. The number of nitro benzene ring substituents is 1. The highest BCUT2D eigenvalue weighted by Gasteiger charge is 2.16. The second kappa shape index (κ2) is 4.86. The first-order valence-corrected chi connectivity index (χ1v) is 6.23. The van der Waals surface area contributed by atoms with Crippen LogP contribution in [0.3, 0.4) is 0 Å². The van der Waals surface area contributed by atoms with Gasteiger partial charge in [-0.3, -0.25) is 14.9 Å². The summed E-state index contributed by atoms with van der Waals surface area (Å²) < 4.78 is 0. The maximum absolute atomic E-state index is 12.0. The molecule has 7 heteroatoms. The van der Waals surface area contributed by atoms with Gasteiger partial charge in [-0.25, -0.2) is 4.98 Å². The number of hydrogen-bond donors (Lipinski definition) is 2. The maximum Gasteiger partial charge on any atom is 0.270 e. The molecule has 2 aromatic rings. The molecule has 1 aromatic heterocycles. The highest BCUT2D eigenvalue weighted by atomic mass is 16.6. The minimum Gasteiger partial charge on any atom is -0.311 e. The van der Waals surface area contributed by atoms with Crippen molar-refractivity contribution in [2.24, 2.45) is 0 Å². The average molecular weight is 272 g/mol. The number of non-ortho nitro benzene ring substituents is 1. The molecular formula is C13H12N4O3. The van der Waals surface area contributed by atoms with Gasteiger partial charge in [-0.05, 0) is 13.0 Å². The third kappa shape index (κ3) is 2.19. The second-order valence-corrected chi connectivity index (χ2v) is 4.57. The lowest BCUT2D eigenvalue weighted by Crippen LogP contribution is -2.31. The first kappa shape index (κ1) is 12.5. The van der Waals surface area contributed by atoms with Gasteiger partial charge in [0.15, 0.2) is 0 Å². The first-order chi connectivity index (χ1) is 9.65. The van der Waals surface area contributed by atoms with E-state index in [0.717, 1.165) is 6.54 Å². The number of fused-ring (bicyclic) bond motifs is 1. The van der Waals surface area contributed by atoms with E-state index < -0.39 is 4.92 Å². The summed E-state index contributed by atoms with van der Waals surface area (Å²) in [5.74, 6) is 0.362. The van der Waals surface area contributed by atoms with Crippen LogP contribution in [0.5, 0.6) is 0 Å². The summed E-state index contributed by atoms with van der Waals surface area (Å²) in [7, 11) is 0. The van der Waals surface area contributed by atoms with Gasteiger partial charge in [-0.2, -0.15) is 0 Å². The minimum atomic E-state index is -0.471. The van der Waals surface area contributed by atoms with E-state index in [2.05, 4.69) is 15.3 Å². The molecule has 0 aliphatic carbocycles. The molecule has 20 heavy (non-hydrogen) atoms. The Morgan fingerprint density at radius 2 is 2.20 bits per heavy atom. The zero-order valence-electron chi connectivity index (χ0n) is 10.5. The van der Waals surface area contributed by atoms with Crippen LogP contribution < -0.4 is 10.9 Å². The summed E-state index contributed by atoms with van der Waals surface area (Å²) >= 11 is 0. The molecule has 0 fully saturated rings. The van der Waals surface area contributed by atoms with Crippen LogP contribution in [0.2, 0.25) is 0 Å². The SMILES string of the molecule is O=c1[nH]c(-c2cccc([N+](=O)[O-])c2)nc2c1CCNC2. The van der Waals surface area contributed by atoms with Crippen LogP contribution in [0, 0.1) is 10.1 Å². The molecule has 1 aliphatic rings. The maximum atomic E-state index is 12.0. The molecule has 2 heterocycles. The number of aromatic nitrogens is 2. The first-order valence-electron chi connectivity index (χ1n) is 6.23. The Morgan fingerprint density at radius 1 is 1.35 bits per heavy atom. The van der Waals surface area contributed by atoms with Gasteiger partial charge in [0.25, 0.3) is 11.2 Å². The van der Waals surface area contributed by atoms with Crippen LogP contribution in [-0.2, 0) is 13.0 Å². The Kier molecular flexibility index (Phi) is 3.03. The lowest BCUT2D eigenvalue weighted by molar-refractivity contribution is -0.384. The van der Waals surface area contributed by atoms with E-state index in [-0.39, 0.29) is 11.2 Å². The van der Waals surface area contributed by atoms with E-state index in [9.17, 15) is 14.9 Å². The summed E-state index contributed by atoms with van der Waals surface area (Å²) in [6.45, 7) is 1.30. The standard InChI is InChI=1S/C13H12N4O3/c18-13-10-4-5-14-7-11(10)15-12(16-13)8-2-1-3-9(6-8)17(19)20/h1-3,6,14H,4-5,7H2,(H,15,16,18). The van der Waals surface area contributed by atoms with Gasteiger partial charge in [-0.1, -0.05) is 12.1 Å². The number of nitrogens with one attached hydrogen (secondary N) is 2. The van der Waals surface area contributed by atoms with E-state index in [1.54, 1.807) is 12.1 Å². The van der Waals surface area contributed by atoms with E-state index in [4.69, 9.17) is 0 Å². The molecule has 0 saturated carbocycles. The smallest absolute Gasteiger partial charge is 0.270 e. The number of hydrogen-bond acceptors (Lipinski definition) is 5. The fraction of sp³-hybridized carbons (Fsp3) is 0.231. The Morgan fingerprint density at radius 3 is 3.00 bits per heavy atom. The fourth-order valence-electron chi connectivity index (χ4n) is 2.27. The molecule has 0 radical (unpaired) electrons. The summed E-state index contributed by atoms with van der Waals surface area (Å²) in [6, 6.07) is 6.07. The molecule has 7 nitrogen and oxygen atoms in total. The van der Waals surface area contributed by atoms with Gasteiger partial charge in [0.1, 0.15) is 5.82 Å². The summed E-state index contributed by atoms with van der Waals surface area (Å²) in [4.78, 5) is 29.4. The van der Waals surface area contributed by atoms with E-state index >= 15 is 0 Å². The van der Waals surface area contributed by atoms with Gasteiger partial charge in [-0.15, -0.1) is 0 Å². The zero-order valence-corrected chi connectivity index (χ0v) is 10.5. The van der Waals surface area contributed by atoms with Crippen molar-refractivity contribution in [2.75, 3.05) is 6.54 Å². The second-order valence-electron chi connectivity index (χ2n) is 4.57. The van der Waals surface area contributed by atoms with Crippen LogP contribution in [-0.4, -0.2) is 21.4 Å². The molecule has 0 unspecified atom stereocenters. The van der Waals surface area contributed by atoms with Crippen molar-refractivity contribution in [1.29, 1.82) is 0 Å². The molecule has 0 amide bonds. The molecule has 3 rings (SSSR count). The third-order valence-electron chi connectivity index (χ3n) is 3.28. The van der Waals surface area contributed by atoms with Gasteiger partial charge in [0, 0.05) is 29.8 Å². The number of nitro groups is 1. The molecule has 2 N–H and O–H groups in total. The molecular weight excluding hydrogens is 260 g/mol. The quantitative estimate of drug-likeness (QED) is 0.627. The highest BCUT2D eigenvalue weighted by molar-refractivity contribution is 5.59. The molecule has 1 aromatic carbocycles. The van der Waals surface area contributed by atoms with Gasteiger partial charge >= 0.3 is 0 Å². The Bertz CT molecular complexity index is 739. The van der Waals surface area contributed by atoms with E-state index in [1.165, 1.54) is 12.1 Å². The van der Waals surface area contributed by atoms with Crippen molar-refractivity contribution in [2.45, 2.75) is 13.0 Å². The van der Waals surface area contributed by atoms with Crippen molar-refractivity contribution < 1.29 is 4.92 Å². The lowest BCUT2D eigenvalue weighted by atomic mass is 10.1. The molecule has 0 atom stereocenters. The number of rotatable bonds is 2. The van der Waals surface area contributed by atoms with Gasteiger partial charge < -0.3 is 10.3 Å². The number of benzene rings is 1. The highest BCUT2D eigenvalue weighted by Crippen LogP contribution is 2.21. The van der Waals surface area contributed by atoms with Crippen LogP contribution in [0.1, 0.15) is 11.3 Å². The minimum absolute atomic E-state index is 0.0269. The van der Waals surface area contributed by atoms with Crippen LogP contribution >= 0.6 is 0 Å². The zero-order chi connectivity index (χ0) is 14.1. The normalized spacial score (nSPS) is 13.8. The van der Waals surface area contributed by atoms with Gasteiger partial charge in [0.2, 0.25) is 0 Å². The Labute approximate surface area is 113 Å². The molecule has 0 saturated heterocycles. The monoisotopic (exact) mass is 272 g/mol. The summed E-state index contributed by atoms with van der Waals surface area (Å²) in [5.41, 5.74) is 1.74. The predicted molar refractivity (Wildman–Crippen MR) is 72.4 cm³/mol.